The molecule has 1 aliphatic heterocycles. The van der Waals surface area contributed by atoms with Crippen molar-refractivity contribution in [2.75, 3.05) is 24.5 Å². The number of nitrogens with zero attached hydrogens (tertiary/aromatic N) is 3. The molecule has 36 heavy (non-hydrogen) atoms. The predicted molar refractivity (Wildman–Crippen MR) is 138 cm³/mol. The molecule has 1 amide bonds. The standard InChI is InChI=1S/C28H32N4O4/c1-18-26(35)25(27(36)29-16-24(33)34)31-23(30-18)15-21-13-14-32(17-28(21,2)3)22-11-9-20(10-12-22)19-7-5-4-6-8-19/h4-12,21,35H,13-17H2,1-3H3,(H,29,36)(H,33,34). The minimum Gasteiger partial charge on any atom is -0.504 e. The Morgan fingerprint density at radius 2 is 1.72 bits per heavy atom. The van der Waals surface area contributed by atoms with Crippen LogP contribution in [0.15, 0.2) is 54.6 Å². The molecule has 2 heterocycles. The van der Waals surface area contributed by atoms with Crippen LogP contribution in [0.4, 0.5) is 5.69 Å². The number of carboxylic acid groups (broad SMARTS) is 1. The molecule has 0 bridgehead atoms. The van der Waals surface area contributed by atoms with Gasteiger partial charge < -0.3 is 20.4 Å². The quantitative estimate of drug-likeness (QED) is 0.459. The van der Waals surface area contributed by atoms with Crippen LogP contribution in [-0.4, -0.2) is 51.7 Å². The zero-order valence-electron chi connectivity index (χ0n) is 20.9. The first-order valence-electron chi connectivity index (χ1n) is 12.1. The number of hydrogen-bond donors (Lipinski definition) is 3. The molecular formula is C28H32N4O4. The molecule has 4 rings (SSSR count). The molecule has 1 unspecified atom stereocenters. The maximum Gasteiger partial charge on any atom is 0.322 e. The second kappa shape index (κ2) is 10.4. The number of carbonyl (C=O) groups excluding carboxylic acids is 1. The Kier molecular flexibility index (Phi) is 7.24. The lowest BCUT2D eigenvalue weighted by atomic mass is 9.72. The van der Waals surface area contributed by atoms with E-state index in [1.165, 1.54) is 16.8 Å². The number of aryl methyl sites for hydroxylation is 1. The van der Waals surface area contributed by atoms with Gasteiger partial charge in [0.15, 0.2) is 11.4 Å². The molecule has 1 aliphatic rings. The lowest BCUT2D eigenvalue weighted by molar-refractivity contribution is -0.135. The van der Waals surface area contributed by atoms with Gasteiger partial charge in [-0.2, -0.15) is 0 Å². The molecule has 0 spiro atoms. The SMILES string of the molecule is Cc1nc(CC2CCN(c3ccc(-c4ccccc4)cc3)CC2(C)C)nc(C(=O)NCC(=O)O)c1O. The minimum absolute atomic E-state index is 0.0444. The highest BCUT2D eigenvalue weighted by molar-refractivity contribution is 5.96. The number of amides is 1. The minimum atomic E-state index is -1.17. The molecule has 1 fully saturated rings. The zero-order chi connectivity index (χ0) is 25.9. The highest BCUT2D eigenvalue weighted by atomic mass is 16.4. The lowest BCUT2D eigenvalue weighted by Crippen LogP contribution is -2.46. The largest absolute Gasteiger partial charge is 0.504 e. The van der Waals surface area contributed by atoms with Crippen molar-refractivity contribution < 1.29 is 19.8 Å². The van der Waals surface area contributed by atoms with Gasteiger partial charge in [0.1, 0.15) is 12.4 Å². The maximum absolute atomic E-state index is 12.4. The van der Waals surface area contributed by atoms with E-state index in [1.807, 2.05) is 18.2 Å². The first kappa shape index (κ1) is 25.2. The number of aromatic hydroxyl groups is 1. The molecule has 0 radical (unpaired) electrons. The number of carboxylic acids is 1. The van der Waals surface area contributed by atoms with E-state index in [0.717, 1.165) is 19.5 Å². The lowest BCUT2D eigenvalue weighted by Gasteiger charge is -2.45. The topological polar surface area (TPSA) is 116 Å². The Morgan fingerprint density at radius 3 is 2.36 bits per heavy atom. The van der Waals surface area contributed by atoms with Crippen LogP contribution in [0, 0.1) is 18.3 Å². The summed E-state index contributed by atoms with van der Waals surface area (Å²) in [7, 11) is 0. The van der Waals surface area contributed by atoms with Crippen molar-refractivity contribution in [2.24, 2.45) is 11.3 Å². The monoisotopic (exact) mass is 488 g/mol. The molecule has 0 aliphatic carbocycles. The fourth-order valence-corrected chi connectivity index (χ4v) is 4.83. The summed E-state index contributed by atoms with van der Waals surface area (Å²) >= 11 is 0. The number of hydrogen-bond acceptors (Lipinski definition) is 6. The smallest absolute Gasteiger partial charge is 0.322 e. The van der Waals surface area contributed by atoms with Gasteiger partial charge in [-0.3, -0.25) is 9.59 Å². The molecule has 8 heteroatoms. The third-order valence-electron chi connectivity index (χ3n) is 6.94. The van der Waals surface area contributed by atoms with Gasteiger partial charge in [-0.1, -0.05) is 56.3 Å². The van der Waals surface area contributed by atoms with Gasteiger partial charge in [-0.05, 0) is 47.9 Å². The average Bonchev–Trinajstić information content (AvgIpc) is 2.86. The van der Waals surface area contributed by atoms with E-state index >= 15 is 0 Å². The average molecular weight is 489 g/mol. The number of benzene rings is 2. The van der Waals surface area contributed by atoms with Crippen LogP contribution in [0.5, 0.6) is 5.75 Å². The molecule has 1 atom stereocenters. The first-order valence-corrected chi connectivity index (χ1v) is 12.1. The first-order chi connectivity index (χ1) is 17.1. The summed E-state index contributed by atoms with van der Waals surface area (Å²) in [5.74, 6) is -1.47. The number of piperidine rings is 1. The van der Waals surface area contributed by atoms with Crippen molar-refractivity contribution in [1.82, 2.24) is 15.3 Å². The Balaban J connectivity index is 1.46. The van der Waals surface area contributed by atoms with E-state index in [2.05, 4.69) is 70.4 Å². The number of carbonyl (C=O) groups is 2. The number of rotatable bonds is 7. The van der Waals surface area contributed by atoms with Gasteiger partial charge in [0.05, 0.1) is 5.69 Å². The normalized spacial score (nSPS) is 17.0. The second-order valence-corrected chi connectivity index (χ2v) is 10.0. The van der Waals surface area contributed by atoms with Gasteiger partial charge in [-0.25, -0.2) is 9.97 Å². The summed E-state index contributed by atoms with van der Waals surface area (Å²) in [5.41, 5.74) is 3.65. The molecule has 1 saturated heterocycles. The van der Waals surface area contributed by atoms with Crippen molar-refractivity contribution >= 4 is 17.6 Å². The van der Waals surface area contributed by atoms with E-state index in [4.69, 9.17) is 5.11 Å². The molecule has 0 saturated carbocycles. The molecule has 3 N–H and O–H groups in total. The van der Waals surface area contributed by atoms with Crippen LogP contribution >= 0.6 is 0 Å². The fourth-order valence-electron chi connectivity index (χ4n) is 4.83. The van der Waals surface area contributed by atoms with E-state index in [9.17, 15) is 14.7 Å². The van der Waals surface area contributed by atoms with Crippen molar-refractivity contribution in [3.05, 3.63) is 71.8 Å². The molecule has 8 nitrogen and oxygen atoms in total. The van der Waals surface area contributed by atoms with Crippen LogP contribution < -0.4 is 10.2 Å². The fraction of sp³-hybridized carbons (Fsp3) is 0.357. The van der Waals surface area contributed by atoms with E-state index < -0.39 is 18.4 Å². The number of anilines is 1. The van der Waals surface area contributed by atoms with Crippen LogP contribution in [0.25, 0.3) is 11.1 Å². The summed E-state index contributed by atoms with van der Waals surface area (Å²) in [6.07, 6.45) is 1.49. The van der Waals surface area contributed by atoms with Crippen molar-refractivity contribution in [1.29, 1.82) is 0 Å². The van der Waals surface area contributed by atoms with Crippen LogP contribution in [0.2, 0.25) is 0 Å². The summed E-state index contributed by atoms with van der Waals surface area (Å²) in [5, 5.41) is 21.4. The molecular weight excluding hydrogens is 456 g/mol. The van der Waals surface area contributed by atoms with E-state index in [-0.39, 0.29) is 22.8 Å². The molecule has 1 aromatic heterocycles. The van der Waals surface area contributed by atoms with Crippen molar-refractivity contribution in [3.63, 3.8) is 0 Å². The number of nitrogens with one attached hydrogen (secondary N) is 1. The zero-order valence-corrected chi connectivity index (χ0v) is 20.9. The van der Waals surface area contributed by atoms with E-state index in [0.29, 0.717) is 17.9 Å². The molecule has 3 aromatic rings. The maximum atomic E-state index is 12.4. The van der Waals surface area contributed by atoms with Gasteiger partial charge >= 0.3 is 5.97 Å². The Hall–Kier alpha value is -3.94. The molecule has 2 aromatic carbocycles. The van der Waals surface area contributed by atoms with Crippen molar-refractivity contribution in [3.8, 4) is 16.9 Å². The Morgan fingerprint density at radius 1 is 1.06 bits per heavy atom. The molecule has 188 valence electrons. The number of aromatic nitrogens is 2. The summed E-state index contributed by atoms with van der Waals surface area (Å²) in [6.45, 7) is 7.29. The third-order valence-corrected chi connectivity index (χ3v) is 6.94. The van der Waals surface area contributed by atoms with Crippen LogP contribution in [-0.2, 0) is 11.2 Å². The van der Waals surface area contributed by atoms with Crippen molar-refractivity contribution in [2.45, 2.75) is 33.6 Å². The number of aliphatic carboxylic acids is 1. The third kappa shape index (κ3) is 5.64. The Bertz CT molecular complexity index is 1240. The second-order valence-electron chi connectivity index (χ2n) is 10.0. The van der Waals surface area contributed by atoms with E-state index in [1.54, 1.807) is 6.92 Å². The van der Waals surface area contributed by atoms with Gasteiger partial charge in [0.25, 0.3) is 5.91 Å². The summed E-state index contributed by atoms with van der Waals surface area (Å²) in [6, 6.07) is 19.0. The van der Waals surface area contributed by atoms with Crippen LogP contribution in [0.1, 0.15) is 42.3 Å². The highest BCUT2D eigenvalue weighted by Crippen LogP contribution is 2.39. The predicted octanol–water partition coefficient (Wildman–Crippen LogP) is 4.07. The van der Waals surface area contributed by atoms with Gasteiger partial charge in [0, 0.05) is 25.2 Å². The van der Waals surface area contributed by atoms with Crippen LogP contribution in [0.3, 0.4) is 0 Å². The van der Waals surface area contributed by atoms with Gasteiger partial charge in [-0.15, -0.1) is 0 Å². The Labute approximate surface area is 211 Å². The summed E-state index contributed by atoms with van der Waals surface area (Å²) < 4.78 is 0. The summed E-state index contributed by atoms with van der Waals surface area (Å²) in [4.78, 5) is 34.3. The highest BCUT2D eigenvalue weighted by Gasteiger charge is 2.37. The van der Waals surface area contributed by atoms with Gasteiger partial charge in [0.2, 0.25) is 0 Å².